The number of fused-ring (bicyclic) bond motifs is 4. The summed E-state index contributed by atoms with van der Waals surface area (Å²) >= 11 is 0. The highest BCUT2D eigenvalue weighted by Gasteiger charge is 2.51. The van der Waals surface area contributed by atoms with Gasteiger partial charge in [0.2, 0.25) is 17.8 Å². The van der Waals surface area contributed by atoms with E-state index in [9.17, 15) is 80.5 Å². The highest BCUT2D eigenvalue weighted by molar-refractivity contribution is 6.08. The summed E-state index contributed by atoms with van der Waals surface area (Å²) in [6.07, 6.45) is -8.45. The summed E-state index contributed by atoms with van der Waals surface area (Å²) < 4.78 is 22.9. The average molecular weight is 873 g/mol. The molecule has 0 spiro atoms. The fourth-order valence-electron chi connectivity index (χ4n) is 7.37. The zero-order valence-corrected chi connectivity index (χ0v) is 32.2. The summed E-state index contributed by atoms with van der Waals surface area (Å²) in [5, 5.41) is 127. The summed E-state index contributed by atoms with van der Waals surface area (Å²) in [5.41, 5.74) is -3.65. The molecule has 5 atom stereocenters. The number of hydrogen-bond acceptors (Lipinski definition) is 20. The van der Waals surface area contributed by atoms with E-state index in [4.69, 9.17) is 18.9 Å². The van der Waals surface area contributed by atoms with Gasteiger partial charge in [0, 0.05) is 47.6 Å². The van der Waals surface area contributed by atoms with Gasteiger partial charge in [-0.2, -0.15) is 0 Å². The van der Waals surface area contributed by atoms with Crippen LogP contribution in [-0.2, 0) is 20.6 Å². The van der Waals surface area contributed by atoms with Crippen LogP contribution in [-0.4, -0.2) is 116 Å². The van der Waals surface area contributed by atoms with Crippen LogP contribution in [0.15, 0.2) is 66.7 Å². The minimum atomic E-state index is -2.07. The molecule has 5 unspecified atom stereocenters. The lowest BCUT2D eigenvalue weighted by Gasteiger charge is -2.43. The molecule has 328 valence electrons. The van der Waals surface area contributed by atoms with Crippen LogP contribution >= 0.6 is 0 Å². The number of aliphatic hydroxyl groups is 1. The van der Waals surface area contributed by atoms with Crippen molar-refractivity contribution >= 4 is 23.5 Å². The number of phenols is 11. The molecule has 5 aromatic carbocycles. The molecule has 63 heavy (non-hydrogen) atoms. The predicted molar refractivity (Wildman–Crippen MR) is 209 cm³/mol. The van der Waals surface area contributed by atoms with Crippen molar-refractivity contribution < 1.29 is 99.4 Å². The van der Waals surface area contributed by atoms with Crippen molar-refractivity contribution in [1.82, 2.24) is 0 Å². The topological polar surface area (TPSA) is 348 Å². The lowest BCUT2D eigenvalue weighted by atomic mass is 9.83. The standard InChI is InChI=1S/C43H36O20/c44-22(7-6-16-4-2-1-3-5-16)33-24(46)10-18(11-25(33)47)61-43-34(52)21(14-23(45)17-8-26(48)35(53)27(49)9-17)40-30(62-43)15-60-41(58)19-12-28(50)36(54)38(56)31(19)32-20(42(59)63-40)13-29(51)37(55)39(32)57/h1-5,8-13,21,30,34,40,43,46-57H,6-7,14-15H2. The Bertz CT molecular complexity index is 2630. The largest absolute Gasteiger partial charge is 0.507 e. The molecule has 5 aromatic rings. The van der Waals surface area contributed by atoms with E-state index in [-0.39, 0.29) is 12.8 Å². The second-order valence-electron chi connectivity index (χ2n) is 14.6. The Morgan fingerprint density at radius 2 is 1.17 bits per heavy atom. The van der Waals surface area contributed by atoms with Gasteiger partial charge in [0.05, 0.1) is 11.1 Å². The summed E-state index contributed by atoms with van der Waals surface area (Å²) in [7, 11) is 0. The van der Waals surface area contributed by atoms with Gasteiger partial charge >= 0.3 is 11.9 Å². The molecule has 12 N–H and O–H groups in total. The molecular formula is C43H36O20. The van der Waals surface area contributed by atoms with Crippen LogP contribution < -0.4 is 4.74 Å². The lowest BCUT2D eigenvalue weighted by molar-refractivity contribution is -0.262. The monoisotopic (exact) mass is 872 g/mol. The van der Waals surface area contributed by atoms with Crippen molar-refractivity contribution in [2.75, 3.05) is 6.61 Å². The van der Waals surface area contributed by atoms with Crippen LogP contribution in [0.3, 0.4) is 0 Å². The number of ketones is 2. The number of carbonyl (C=O) groups is 4. The first-order valence-corrected chi connectivity index (χ1v) is 18.7. The van der Waals surface area contributed by atoms with E-state index >= 15 is 0 Å². The van der Waals surface area contributed by atoms with Crippen LogP contribution in [0.2, 0.25) is 0 Å². The molecule has 2 aliphatic heterocycles. The molecule has 0 saturated carbocycles. The first kappa shape index (κ1) is 43.0. The molecule has 20 heteroatoms. The third-order valence-electron chi connectivity index (χ3n) is 10.5. The van der Waals surface area contributed by atoms with Crippen LogP contribution in [0.5, 0.6) is 69.0 Å². The summed E-state index contributed by atoms with van der Waals surface area (Å²) in [5.74, 6) is -18.4. The molecule has 7 rings (SSSR count). The van der Waals surface area contributed by atoms with Gasteiger partial charge in [0.15, 0.2) is 51.8 Å². The van der Waals surface area contributed by atoms with E-state index in [0.29, 0.717) is 12.1 Å². The molecule has 2 aliphatic rings. The summed E-state index contributed by atoms with van der Waals surface area (Å²) in [4.78, 5) is 54.8. The lowest BCUT2D eigenvalue weighted by Crippen LogP contribution is -2.59. The third kappa shape index (κ3) is 8.10. The van der Waals surface area contributed by atoms with Gasteiger partial charge < -0.3 is 80.2 Å². The van der Waals surface area contributed by atoms with Crippen LogP contribution in [0, 0.1) is 5.92 Å². The molecule has 0 aromatic heterocycles. The van der Waals surface area contributed by atoms with Crippen molar-refractivity contribution in [3.63, 3.8) is 0 Å². The molecule has 2 heterocycles. The fraction of sp³-hybridized carbons (Fsp3) is 0.209. The van der Waals surface area contributed by atoms with Crippen molar-refractivity contribution in [2.45, 2.75) is 43.9 Å². The predicted octanol–water partition coefficient (Wildman–Crippen LogP) is 3.68. The number of rotatable bonds is 9. The number of hydrogen-bond donors (Lipinski definition) is 12. The normalized spacial score (nSPS) is 19.6. The quantitative estimate of drug-likeness (QED) is 0.0571. The second-order valence-corrected chi connectivity index (χ2v) is 14.6. The van der Waals surface area contributed by atoms with Gasteiger partial charge in [-0.15, -0.1) is 0 Å². The Kier molecular flexibility index (Phi) is 11.4. The van der Waals surface area contributed by atoms with Crippen LogP contribution in [0.4, 0.5) is 0 Å². The SMILES string of the molecule is O=C(CC1C(O)C(Oc2cc(O)c(C(=O)CCc3ccccc3)c(O)c2)OC2COC(=O)c3cc(O)c(O)c(O)c3-c3c(cc(O)c(O)c3O)C(=O)OC21)c1cc(O)c(O)c(O)c1. The number of carbonyl (C=O) groups excluding carboxylic acids is 4. The Morgan fingerprint density at radius 1 is 0.635 bits per heavy atom. The number of phenolic OH excluding ortho intramolecular Hbond substituents is 11. The Morgan fingerprint density at radius 3 is 1.75 bits per heavy atom. The smallest absolute Gasteiger partial charge is 0.339 e. The number of aromatic hydroxyl groups is 11. The number of Topliss-reactive ketones (excluding diaryl/α,β-unsaturated/α-hetero) is 2. The van der Waals surface area contributed by atoms with Gasteiger partial charge in [-0.05, 0) is 36.2 Å². The van der Waals surface area contributed by atoms with Crippen molar-refractivity contribution in [1.29, 1.82) is 0 Å². The van der Waals surface area contributed by atoms with Gasteiger partial charge in [-0.3, -0.25) is 9.59 Å². The maximum Gasteiger partial charge on any atom is 0.339 e. The van der Waals surface area contributed by atoms with Gasteiger partial charge in [0.1, 0.15) is 47.7 Å². The van der Waals surface area contributed by atoms with E-state index in [1.54, 1.807) is 30.3 Å². The molecule has 1 fully saturated rings. The molecule has 1 saturated heterocycles. The minimum absolute atomic E-state index is 0.113. The maximum atomic E-state index is 14.2. The van der Waals surface area contributed by atoms with E-state index in [2.05, 4.69) is 0 Å². The Labute approximate surface area is 353 Å². The Balaban J connectivity index is 1.29. The number of cyclic esters (lactones) is 1. The number of ether oxygens (including phenoxy) is 4. The third-order valence-corrected chi connectivity index (χ3v) is 10.5. The molecule has 0 bridgehead atoms. The highest BCUT2D eigenvalue weighted by atomic mass is 16.7. The zero-order chi connectivity index (χ0) is 45.6. The van der Waals surface area contributed by atoms with Gasteiger partial charge in [0.25, 0.3) is 0 Å². The number of esters is 2. The number of benzene rings is 5. The van der Waals surface area contributed by atoms with E-state index in [1.807, 2.05) is 0 Å². The molecule has 20 nitrogen and oxygen atoms in total. The Hall–Kier alpha value is -8.10. The van der Waals surface area contributed by atoms with Crippen molar-refractivity contribution in [3.8, 4) is 80.1 Å². The maximum absolute atomic E-state index is 14.2. The minimum Gasteiger partial charge on any atom is -0.507 e. The molecule has 0 aliphatic carbocycles. The fourth-order valence-corrected chi connectivity index (χ4v) is 7.37. The first-order chi connectivity index (χ1) is 29.9. The summed E-state index contributed by atoms with van der Waals surface area (Å²) in [6.45, 7) is -0.971. The van der Waals surface area contributed by atoms with Crippen LogP contribution in [0.25, 0.3) is 11.1 Å². The van der Waals surface area contributed by atoms with Gasteiger partial charge in [-0.25, -0.2) is 9.59 Å². The van der Waals surface area contributed by atoms with Crippen LogP contribution in [0.1, 0.15) is 59.8 Å². The molecule has 0 amide bonds. The summed E-state index contributed by atoms with van der Waals surface area (Å²) in [6, 6.07) is 13.4. The van der Waals surface area contributed by atoms with Crippen molar-refractivity contribution in [3.05, 3.63) is 94.5 Å². The number of aryl methyl sites for hydroxylation is 1. The van der Waals surface area contributed by atoms with Crippen molar-refractivity contribution in [2.24, 2.45) is 5.92 Å². The zero-order valence-electron chi connectivity index (χ0n) is 32.2. The van der Waals surface area contributed by atoms with E-state index in [0.717, 1.165) is 29.8 Å². The highest BCUT2D eigenvalue weighted by Crippen LogP contribution is 2.53. The van der Waals surface area contributed by atoms with Gasteiger partial charge in [-0.1, -0.05) is 30.3 Å². The average Bonchev–Trinajstić information content (AvgIpc) is 3.25. The molecule has 0 radical (unpaired) electrons. The number of aliphatic hydroxyl groups excluding tert-OH is 1. The molecular weight excluding hydrogens is 836 g/mol. The van der Waals surface area contributed by atoms with E-state index in [1.165, 1.54) is 0 Å². The second kappa shape index (κ2) is 16.7. The first-order valence-electron chi connectivity index (χ1n) is 18.7. The van der Waals surface area contributed by atoms with E-state index < -0.39 is 169 Å².